The monoisotopic (exact) mass is 397 g/mol. The Morgan fingerprint density at radius 1 is 1.33 bits per heavy atom. The highest BCUT2D eigenvalue weighted by Crippen LogP contribution is 2.28. The third-order valence-corrected chi connectivity index (χ3v) is 6.32. The van der Waals surface area contributed by atoms with Crippen molar-refractivity contribution in [2.24, 2.45) is 0 Å². The Morgan fingerprint density at radius 2 is 1.94 bits per heavy atom. The van der Waals surface area contributed by atoms with Gasteiger partial charge in [-0.25, -0.2) is 8.42 Å². The minimum Gasteiger partial charge on any atom is -0.207 e. The van der Waals surface area contributed by atoms with Crippen LogP contribution in [0.3, 0.4) is 0 Å². The van der Waals surface area contributed by atoms with Gasteiger partial charge in [0.15, 0.2) is 0 Å². The zero-order valence-electron chi connectivity index (χ0n) is 10.7. The third-order valence-electron chi connectivity index (χ3n) is 2.88. The molecule has 1 unspecified atom stereocenters. The molecular weight excluding hydrogens is 382 g/mol. The van der Waals surface area contributed by atoms with Crippen LogP contribution in [-0.2, 0) is 10.0 Å². The second-order valence-corrected chi connectivity index (χ2v) is 7.97. The highest BCUT2D eigenvalue weighted by atomic mass is 79.9. The van der Waals surface area contributed by atoms with Crippen molar-refractivity contribution in [2.45, 2.75) is 37.6 Å². The minimum absolute atomic E-state index is 0.00412. The van der Waals surface area contributed by atoms with Crippen LogP contribution >= 0.6 is 31.9 Å². The van der Waals surface area contributed by atoms with E-state index >= 15 is 0 Å². The van der Waals surface area contributed by atoms with Gasteiger partial charge in [-0.2, -0.15) is 4.31 Å². The molecule has 0 saturated carbocycles. The predicted octanol–water partition coefficient (Wildman–Crippen LogP) is 4.02. The summed E-state index contributed by atoms with van der Waals surface area (Å²) >= 11 is 6.62. The Morgan fingerprint density at radius 3 is 2.44 bits per heavy atom. The average Bonchev–Trinajstić information content (AvgIpc) is 2.27. The van der Waals surface area contributed by atoms with E-state index < -0.39 is 10.0 Å². The molecule has 0 amide bonds. The van der Waals surface area contributed by atoms with Gasteiger partial charge in [0.05, 0.1) is 4.90 Å². The molecule has 0 saturated heterocycles. The summed E-state index contributed by atoms with van der Waals surface area (Å²) in [5.41, 5.74) is 0. The van der Waals surface area contributed by atoms with Crippen LogP contribution in [0.1, 0.15) is 26.7 Å². The van der Waals surface area contributed by atoms with Crippen LogP contribution in [0, 0.1) is 0 Å². The van der Waals surface area contributed by atoms with Gasteiger partial charge in [0.1, 0.15) is 0 Å². The number of rotatable bonds is 5. The fourth-order valence-corrected chi connectivity index (χ4v) is 4.77. The van der Waals surface area contributed by atoms with Crippen molar-refractivity contribution in [3.8, 4) is 0 Å². The molecule has 3 nitrogen and oxygen atoms in total. The van der Waals surface area contributed by atoms with Crippen LogP contribution in [0.25, 0.3) is 0 Å². The number of halogens is 2. The molecule has 0 aliphatic rings. The zero-order chi connectivity index (χ0) is 13.9. The van der Waals surface area contributed by atoms with E-state index in [4.69, 9.17) is 0 Å². The molecule has 0 fully saturated rings. The molecule has 1 rings (SSSR count). The first kappa shape index (κ1) is 16.1. The Balaban J connectivity index is 3.13. The Kier molecular flexibility index (Phi) is 5.83. The molecule has 0 aliphatic carbocycles. The first-order valence-electron chi connectivity index (χ1n) is 5.73. The molecule has 0 aromatic heterocycles. The fraction of sp³-hybridized carbons (Fsp3) is 0.500. The van der Waals surface area contributed by atoms with Gasteiger partial charge < -0.3 is 0 Å². The molecule has 0 spiro atoms. The van der Waals surface area contributed by atoms with Gasteiger partial charge in [-0.15, -0.1) is 0 Å². The lowest BCUT2D eigenvalue weighted by Crippen LogP contribution is -2.35. The number of sulfonamides is 1. The number of hydrogen-bond donors (Lipinski definition) is 0. The van der Waals surface area contributed by atoms with E-state index in [0.29, 0.717) is 9.37 Å². The van der Waals surface area contributed by atoms with Gasteiger partial charge in [0, 0.05) is 22.0 Å². The van der Waals surface area contributed by atoms with Crippen molar-refractivity contribution in [1.82, 2.24) is 4.31 Å². The van der Waals surface area contributed by atoms with Crippen LogP contribution in [-0.4, -0.2) is 25.8 Å². The summed E-state index contributed by atoms with van der Waals surface area (Å²) in [6.07, 6.45) is 1.81. The van der Waals surface area contributed by atoms with Crippen molar-refractivity contribution in [1.29, 1.82) is 0 Å². The summed E-state index contributed by atoms with van der Waals surface area (Å²) in [6, 6.07) is 5.08. The van der Waals surface area contributed by atoms with Gasteiger partial charge in [-0.1, -0.05) is 29.3 Å². The standard InChI is InChI=1S/C12H17Br2NO2S/c1-4-5-9(2)15(3)18(16,17)12-7-6-10(13)8-11(12)14/h6-9H,4-5H2,1-3H3. The molecule has 0 bridgehead atoms. The van der Waals surface area contributed by atoms with E-state index in [-0.39, 0.29) is 6.04 Å². The second-order valence-electron chi connectivity index (χ2n) is 4.23. The second kappa shape index (κ2) is 6.50. The molecule has 0 N–H and O–H groups in total. The molecule has 102 valence electrons. The summed E-state index contributed by atoms with van der Waals surface area (Å²) in [6.45, 7) is 3.97. The maximum absolute atomic E-state index is 12.5. The Labute approximate surface area is 126 Å². The molecule has 0 radical (unpaired) electrons. The number of benzene rings is 1. The Bertz CT molecular complexity index is 517. The first-order chi connectivity index (χ1) is 8.30. The van der Waals surface area contributed by atoms with Crippen molar-refractivity contribution in [2.75, 3.05) is 7.05 Å². The molecule has 1 aromatic rings. The smallest absolute Gasteiger partial charge is 0.207 e. The van der Waals surface area contributed by atoms with Gasteiger partial charge in [-0.05, 0) is 47.5 Å². The summed E-state index contributed by atoms with van der Waals surface area (Å²) in [7, 11) is -1.81. The van der Waals surface area contributed by atoms with Crippen molar-refractivity contribution < 1.29 is 8.42 Å². The molecule has 1 atom stereocenters. The van der Waals surface area contributed by atoms with Crippen LogP contribution < -0.4 is 0 Å². The van der Waals surface area contributed by atoms with Crippen molar-refractivity contribution in [3.05, 3.63) is 27.1 Å². The maximum Gasteiger partial charge on any atom is 0.244 e. The van der Waals surface area contributed by atoms with E-state index in [9.17, 15) is 8.42 Å². The summed E-state index contributed by atoms with van der Waals surface area (Å²) < 4.78 is 27.8. The van der Waals surface area contributed by atoms with Gasteiger partial charge >= 0.3 is 0 Å². The predicted molar refractivity (Wildman–Crippen MR) is 81.2 cm³/mol. The summed E-state index contributed by atoms with van der Waals surface area (Å²) in [5, 5.41) is 0. The summed E-state index contributed by atoms with van der Waals surface area (Å²) in [5.74, 6) is 0. The normalized spacial score (nSPS) is 13.9. The van der Waals surface area contributed by atoms with Crippen LogP contribution in [0.5, 0.6) is 0 Å². The van der Waals surface area contributed by atoms with Crippen molar-refractivity contribution >= 4 is 41.9 Å². The van der Waals surface area contributed by atoms with Crippen molar-refractivity contribution in [3.63, 3.8) is 0 Å². The topological polar surface area (TPSA) is 37.4 Å². The number of hydrogen-bond acceptors (Lipinski definition) is 2. The lowest BCUT2D eigenvalue weighted by atomic mass is 10.2. The average molecular weight is 399 g/mol. The minimum atomic E-state index is -3.44. The van der Waals surface area contributed by atoms with Gasteiger partial charge in [-0.3, -0.25) is 0 Å². The first-order valence-corrected chi connectivity index (χ1v) is 8.76. The van der Waals surface area contributed by atoms with E-state index in [0.717, 1.165) is 17.3 Å². The highest BCUT2D eigenvalue weighted by molar-refractivity contribution is 9.11. The highest BCUT2D eigenvalue weighted by Gasteiger charge is 2.26. The van der Waals surface area contributed by atoms with Crippen LogP contribution in [0.15, 0.2) is 32.0 Å². The van der Waals surface area contributed by atoms with E-state index in [1.807, 2.05) is 13.8 Å². The van der Waals surface area contributed by atoms with E-state index in [2.05, 4.69) is 31.9 Å². The summed E-state index contributed by atoms with van der Waals surface area (Å²) in [4.78, 5) is 0.302. The largest absolute Gasteiger partial charge is 0.244 e. The zero-order valence-corrected chi connectivity index (χ0v) is 14.6. The SMILES string of the molecule is CCCC(C)N(C)S(=O)(=O)c1ccc(Br)cc1Br. The quantitative estimate of drug-likeness (QED) is 0.750. The number of nitrogens with zero attached hydrogens (tertiary/aromatic N) is 1. The fourth-order valence-electron chi connectivity index (χ4n) is 1.68. The molecule has 18 heavy (non-hydrogen) atoms. The lowest BCUT2D eigenvalue weighted by molar-refractivity contribution is 0.368. The molecule has 0 heterocycles. The van der Waals surface area contributed by atoms with Crippen LogP contribution in [0.4, 0.5) is 0 Å². The van der Waals surface area contributed by atoms with E-state index in [1.165, 1.54) is 4.31 Å². The third kappa shape index (κ3) is 3.56. The lowest BCUT2D eigenvalue weighted by Gasteiger charge is -2.24. The van der Waals surface area contributed by atoms with E-state index in [1.54, 1.807) is 25.2 Å². The van der Waals surface area contributed by atoms with Gasteiger partial charge in [0.2, 0.25) is 10.0 Å². The maximum atomic E-state index is 12.5. The molecule has 6 heteroatoms. The molecular formula is C12H17Br2NO2S. The molecule has 1 aromatic carbocycles. The Hall–Kier alpha value is 0.0900. The van der Waals surface area contributed by atoms with Gasteiger partial charge in [0.25, 0.3) is 0 Å². The molecule has 0 aliphatic heterocycles. The van der Waals surface area contributed by atoms with Crippen LogP contribution in [0.2, 0.25) is 0 Å².